The maximum atomic E-state index is 14.0. The highest BCUT2D eigenvalue weighted by atomic mass is 19.1. The van der Waals surface area contributed by atoms with Gasteiger partial charge >= 0.3 is 0 Å². The second kappa shape index (κ2) is 7.00. The first-order chi connectivity index (χ1) is 12.6. The second-order valence-electron chi connectivity index (χ2n) is 6.90. The lowest BCUT2D eigenvalue weighted by molar-refractivity contribution is -0.123. The molecule has 5 heteroatoms. The maximum absolute atomic E-state index is 14.0. The molecular formula is C21H21FN2O2. The van der Waals surface area contributed by atoms with Gasteiger partial charge in [0.25, 0.3) is 0 Å². The number of hydrogen-bond acceptors (Lipinski definition) is 3. The molecule has 4 rings (SSSR count). The van der Waals surface area contributed by atoms with Crippen molar-refractivity contribution in [3.8, 4) is 0 Å². The molecule has 2 heterocycles. The van der Waals surface area contributed by atoms with Crippen molar-refractivity contribution >= 4 is 17.4 Å². The fourth-order valence-corrected chi connectivity index (χ4v) is 3.96. The van der Waals surface area contributed by atoms with Crippen LogP contribution in [0.25, 0.3) is 0 Å². The van der Waals surface area contributed by atoms with Gasteiger partial charge in [-0.25, -0.2) is 4.39 Å². The summed E-state index contributed by atoms with van der Waals surface area (Å²) in [6.07, 6.45) is 2.03. The normalized spacial score (nSPS) is 20.3. The zero-order valence-electron chi connectivity index (χ0n) is 14.5. The number of amides is 1. The van der Waals surface area contributed by atoms with E-state index in [0.29, 0.717) is 36.3 Å². The van der Waals surface area contributed by atoms with E-state index in [0.717, 1.165) is 19.4 Å². The van der Waals surface area contributed by atoms with E-state index in [-0.39, 0.29) is 23.5 Å². The Kier molecular flexibility index (Phi) is 4.55. The Morgan fingerprint density at radius 2 is 1.85 bits per heavy atom. The van der Waals surface area contributed by atoms with Crippen molar-refractivity contribution in [3.63, 3.8) is 0 Å². The van der Waals surface area contributed by atoms with Crippen molar-refractivity contribution in [1.82, 2.24) is 4.90 Å². The van der Waals surface area contributed by atoms with E-state index in [2.05, 4.69) is 4.90 Å². The van der Waals surface area contributed by atoms with Crippen LogP contribution in [0.4, 0.5) is 10.1 Å². The van der Waals surface area contributed by atoms with Crippen LogP contribution in [0.15, 0.2) is 48.5 Å². The topological polar surface area (TPSA) is 40.6 Å². The number of hydrogen-bond donors (Lipinski definition) is 0. The Morgan fingerprint density at radius 3 is 2.69 bits per heavy atom. The van der Waals surface area contributed by atoms with E-state index >= 15 is 0 Å². The highest BCUT2D eigenvalue weighted by Gasteiger charge is 2.37. The van der Waals surface area contributed by atoms with Crippen LogP contribution < -0.4 is 4.90 Å². The molecule has 134 valence electrons. The van der Waals surface area contributed by atoms with Gasteiger partial charge in [0.2, 0.25) is 5.91 Å². The summed E-state index contributed by atoms with van der Waals surface area (Å²) in [5, 5.41) is 0. The Bertz CT molecular complexity index is 851. The van der Waals surface area contributed by atoms with Crippen molar-refractivity contribution in [1.29, 1.82) is 0 Å². The zero-order valence-corrected chi connectivity index (χ0v) is 14.5. The quantitative estimate of drug-likeness (QED) is 0.850. The van der Waals surface area contributed by atoms with E-state index in [9.17, 15) is 14.0 Å². The molecule has 4 nitrogen and oxygen atoms in total. The van der Waals surface area contributed by atoms with Crippen molar-refractivity contribution in [2.75, 3.05) is 18.0 Å². The molecule has 2 aromatic rings. The average Bonchev–Trinajstić information content (AvgIpc) is 3.12. The summed E-state index contributed by atoms with van der Waals surface area (Å²) < 4.78 is 14.0. The molecular weight excluding hydrogens is 331 g/mol. The number of nitrogens with zero attached hydrogens (tertiary/aromatic N) is 2. The molecule has 2 aliphatic rings. The van der Waals surface area contributed by atoms with Gasteiger partial charge < -0.3 is 4.90 Å². The highest BCUT2D eigenvalue weighted by Crippen LogP contribution is 2.30. The Morgan fingerprint density at radius 1 is 1.08 bits per heavy atom. The molecule has 0 spiro atoms. The first kappa shape index (κ1) is 16.9. The molecule has 0 radical (unpaired) electrons. The minimum Gasteiger partial charge on any atom is -0.310 e. The maximum Gasteiger partial charge on any atom is 0.244 e. The first-order valence-electron chi connectivity index (χ1n) is 9.06. The molecule has 1 amide bonds. The van der Waals surface area contributed by atoms with Crippen LogP contribution in [-0.2, 0) is 11.3 Å². The lowest BCUT2D eigenvalue weighted by Crippen LogP contribution is -2.48. The molecule has 1 unspecified atom stereocenters. The number of Topliss-reactive ketones (excluding diaryl/α,β-unsaturated/α-hetero) is 1. The molecule has 2 aromatic carbocycles. The Labute approximate surface area is 152 Å². The van der Waals surface area contributed by atoms with Gasteiger partial charge in [0, 0.05) is 30.6 Å². The largest absolute Gasteiger partial charge is 0.310 e. The number of halogens is 1. The van der Waals surface area contributed by atoms with Gasteiger partial charge in [0.1, 0.15) is 5.82 Å². The van der Waals surface area contributed by atoms with Gasteiger partial charge in [-0.05, 0) is 37.6 Å². The van der Waals surface area contributed by atoms with Crippen LogP contribution in [0.5, 0.6) is 0 Å². The third-order valence-corrected chi connectivity index (χ3v) is 5.30. The summed E-state index contributed by atoms with van der Waals surface area (Å²) >= 11 is 0. The van der Waals surface area contributed by atoms with Crippen LogP contribution in [0.3, 0.4) is 0 Å². The summed E-state index contributed by atoms with van der Waals surface area (Å²) in [5.74, 6) is -0.141. The molecule has 0 aromatic heterocycles. The SMILES string of the molecule is O=C1CCN(C(=O)C2CCCN2Cc2ccccc2F)c2ccccc21. The summed E-state index contributed by atoms with van der Waals surface area (Å²) in [4.78, 5) is 29.2. The van der Waals surface area contributed by atoms with Crippen molar-refractivity contribution in [2.45, 2.75) is 31.8 Å². The molecule has 0 N–H and O–H groups in total. The second-order valence-corrected chi connectivity index (χ2v) is 6.90. The van der Waals surface area contributed by atoms with Gasteiger partial charge in [-0.1, -0.05) is 30.3 Å². The van der Waals surface area contributed by atoms with E-state index in [1.54, 1.807) is 23.1 Å². The molecule has 0 aliphatic carbocycles. The lowest BCUT2D eigenvalue weighted by atomic mass is 9.99. The van der Waals surface area contributed by atoms with Gasteiger partial charge in [-0.15, -0.1) is 0 Å². The number of fused-ring (bicyclic) bond motifs is 1. The van der Waals surface area contributed by atoms with Gasteiger partial charge in [-0.2, -0.15) is 0 Å². The molecule has 1 saturated heterocycles. The third kappa shape index (κ3) is 3.03. The molecule has 0 saturated carbocycles. The van der Waals surface area contributed by atoms with Crippen molar-refractivity contribution < 1.29 is 14.0 Å². The molecule has 1 fully saturated rings. The number of benzene rings is 2. The van der Waals surface area contributed by atoms with Gasteiger partial charge in [-0.3, -0.25) is 14.5 Å². The minimum absolute atomic E-state index is 0.0128. The zero-order chi connectivity index (χ0) is 18.1. The number of likely N-dealkylation sites (tertiary alicyclic amines) is 1. The van der Waals surface area contributed by atoms with E-state index in [1.807, 2.05) is 24.3 Å². The third-order valence-electron chi connectivity index (χ3n) is 5.30. The number of ketones is 1. The number of carbonyl (C=O) groups excluding carboxylic acids is 2. The number of carbonyl (C=O) groups is 2. The Hall–Kier alpha value is -2.53. The van der Waals surface area contributed by atoms with Crippen LogP contribution in [-0.4, -0.2) is 35.7 Å². The number of rotatable bonds is 3. The van der Waals surface area contributed by atoms with E-state index in [4.69, 9.17) is 0 Å². The van der Waals surface area contributed by atoms with Crippen LogP contribution in [0.2, 0.25) is 0 Å². The van der Waals surface area contributed by atoms with E-state index < -0.39 is 0 Å². The molecule has 26 heavy (non-hydrogen) atoms. The summed E-state index contributed by atoms with van der Waals surface area (Å²) in [6, 6.07) is 13.7. The monoisotopic (exact) mass is 352 g/mol. The number of anilines is 1. The highest BCUT2D eigenvalue weighted by molar-refractivity contribution is 6.09. The van der Waals surface area contributed by atoms with Crippen LogP contribution >= 0.6 is 0 Å². The standard InChI is InChI=1S/C21H21FN2O2/c22-17-8-3-1-6-15(17)14-23-12-5-10-19(23)21(26)24-13-11-20(25)16-7-2-4-9-18(16)24/h1-4,6-9,19H,5,10-14H2. The lowest BCUT2D eigenvalue weighted by Gasteiger charge is -2.33. The number of para-hydroxylation sites is 1. The predicted octanol–water partition coefficient (Wildman–Crippen LogP) is 3.41. The smallest absolute Gasteiger partial charge is 0.244 e. The van der Waals surface area contributed by atoms with Crippen LogP contribution in [0.1, 0.15) is 35.2 Å². The first-order valence-corrected chi connectivity index (χ1v) is 9.06. The van der Waals surface area contributed by atoms with Crippen molar-refractivity contribution in [2.24, 2.45) is 0 Å². The fraction of sp³-hybridized carbons (Fsp3) is 0.333. The summed E-state index contributed by atoms with van der Waals surface area (Å²) in [7, 11) is 0. The van der Waals surface area contributed by atoms with E-state index in [1.165, 1.54) is 6.07 Å². The molecule has 2 aliphatic heterocycles. The minimum atomic E-state index is -0.268. The fourth-order valence-electron chi connectivity index (χ4n) is 3.96. The summed E-state index contributed by atoms with van der Waals surface area (Å²) in [5.41, 5.74) is 1.93. The van der Waals surface area contributed by atoms with Gasteiger partial charge in [0.15, 0.2) is 5.78 Å². The summed E-state index contributed by atoms with van der Waals surface area (Å²) in [6.45, 7) is 1.62. The van der Waals surface area contributed by atoms with Crippen LogP contribution in [0, 0.1) is 5.82 Å². The average molecular weight is 352 g/mol. The molecule has 1 atom stereocenters. The Balaban J connectivity index is 1.57. The van der Waals surface area contributed by atoms with Gasteiger partial charge in [0.05, 0.1) is 11.7 Å². The molecule has 0 bridgehead atoms. The predicted molar refractivity (Wildman–Crippen MR) is 97.6 cm³/mol. The van der Waals surface area contributed by atoms with Crippen molar-refractivity contribution in [3.05, 3.63) is 65.5 Å².